The zero-order chi connectivity index (χ0) is 12.7. The Morgan fingerprint density at radius 1 is 1.24 bits per heavy atom. The van der Waals surface area contributed by atoms with Gasteiger partial charge in [0.2, 0.25) is 0 Å². The Hall–Kier alpha value is -0.340. The molecule has 1 unspecified atom stereocenters. The van der Waals surface area contributed by atoms with Gasteiger partial charge in [-0.2, -0.15) is 0 Å². The first-order valence-corrected chi connectivity index (χ1v) is 7.48. The molecule has 0 aliphatic heterocycles. The molecule has 0 aliphatic rings. The Bertz CT molecular complexity index is 328. The summed E-state index contributed by atoms with van der Waals surface area (Å²) in [7, 11) is 0. The van der Waals surface area contributed by atoms with E-state index in [2.05, 4.69) is 60.2 Å². The van der Waals surface area contributed by atoms with Crippen LogP contribution in [0.4, 0.5) is 0 Å². The average Bonchev–Trinajstić information content (AvgIpc) is 2.34. The SMILES string of the molecule is CCCCC(NCCC)c1cccc(C)c1Br. The number of unbranched alkanes of at least 4 members (excludes halogenated alkanes) is 1. The molecule has 1 aromatic rings. The third-order valence-electron chi connectivity index (χ3n) is 3.08. The molecule has 1 N–H and O–H groups in total. The van der Waals surface area contributed by atoms with Gasteiger partial charge in [-0.3, -0.25) is 0 Å². The lowest BCUT2D eigenvalue weighted by Crippen LogP contribution is -2.22. The second-order valence-corrected chi connectivity index (χ2v) is 5.42. The number of hydrogen-bond donors (Lipinski definition) is 1. The van der Waals surface area contributed by atoms with Crippen molar-refractivity contribution in [2.24, 2.45) is 0 Å². The van der Waals surface area contributed by atoms with Crippen LogP contribution in [0.25, 0.3) is 0 Å². The summed E-state index contributed by atoms with van der Waals surface area (Å²) < 4.78 is 1.27. The minimum Gasteiger partial charge on any atom is -0.310 e. The van der Waals surface area contributed by atoms with Gasteiger partial charge in [0.15, 0.2) is 0 Å². The molecule has 0 saturated carbocycles. The summed E-state index contributed by atoms with van der Waals surface area (Å²) in [5.74, 6) is 0. The first-order chi connectivity index (χ1) is 8.20. The summed E-state index contributed by atoms with van der Waals surface area (Å²) in [6, 6.07) is 7.04. The normalized spacial score (nSPS) is 12.7. The lowest BCUT2D eigenvalue weighted by molar-refractivity contribution is 0.480. The quantitative estimate of drug-likeness (QED) is 0.748. The van der Waals surface area contributed by atoms with Crippen LogP contribution in [0.2, 0.25) is 0 Å². The van der Waals surface area contributed by atoms with Gasteiger partial charge in [-0.25, -0.2) is 0 Å². The van der Waals surface area contributed by atoms with Crippen LogP contribution in [0.1, 0.15) is 56.7 Å². The van der Waals surface area contributed by atoms with Gasteiger partial charge in [-0.15, -0.1) is 0 Å². The third-order valence-corrected chi connectivity index (χ3v) is 4.17. The molecule has 1 aromatic carbocycles. The van der Waals surface area contributed by atoms with Gasteiger partial charge in [0, 0.05) is 10.5 Å². The molecule has 0 bridgehead atoms. The molecule has 0 spiro atoms. The van der Waals surface area contributed by atoms with Crippen molar-refractivity contribution in [1.29, 1.82) is 0 Å². The van der Waals surface area contributed by atoms with E-state index in [9.17, 15) is 0 Å². The molecule has 0 saturated heterocycles. The van der Waals surface area contributed by atoms with Gasteiger partial charge in [-0.05, 0) is 37.4 Å². The summed E-state index contributed by atoms with van der Waals surface area (Å²) >= 11 is 3.72. The molecular weight excluding hydrogens is 274 g/mol. The molecule has 96 valence electrons. The average molecular weight is 298 g/mol. The van der Waals surface area contributed by atoms with Crippen LogP contribution >= 0.6 is 15.9 Å². The fraction of sp³-hybridized carbons (Fsp3) is 0.600. The van der Waals surface area contributed by atoms with E-state index in [1.54, 1.807) is 0 Å². The van der Waals surface area contributed by atoms with Crippen LogP contribution in [-0.2, 0) is 0 Å². The van der Waals surface area contributed by atoms with Crippen LogP contribution < -0.4 is 5.32 Å². The first kappa shape index (κ1) is 14.7. The summed E-state index contributed by atoms with van der Waals surface area (Å²) in [5, 5.41) is 3.66. The van der Waals surface area contributed by atoms with Crippen LogP contribution in [0, 0.1) is 6.92 Å². The molecule has 17 heavy (non-hydrogen) atoms. The van der Waals surface area contributed by atoms with Crippen LogP contribution in [0.5, 0.6) is 0 Å². The van der Waals surface area contributed by atoms with E-state index in [4.69, 9.17) is 0 Å². The highest BCUT2D eigenvalue weighted by Gasteiger charge is 2.13. The molecule has 1 rings (SSSR count). The maximum Gasteiger partial charge on any atom is 0.0331 e. The van der Waals surface area contributed by atoms with Gasteiger partial charge in [0.1, 0.15) is 0 Å². The van der Waals surface area contributed by atoms with Crippen molar-refractivity contribution >= 4 is 15.9 Å². The van der Waals surface area contributed by atoms with Gasteiger partial charge in [0.05, 0.1) is 0 Å². The Labute approximate surface area is 114 Å². The van der Waals surface area contributed by atoms with Gasteiger partial charge < -0.3 is 5.32 Å². The summed E-state index contributed by atoms with van der Waals surface area (Å²) in [6.45, 7) is 7.72. The van der Waals surface area contributed by atoms with E-state index >= 15 is 0 Å². The lowest BCUT2D eigenvalue weighted by Gasteiger charge is -2.21. The molecule has 1 nitrogen and oxygen atoms in total. The van der Waals surface area contributed by atoms with Gasteiger partial charge in [-0.1, -0.05) is 60.8 Å². The minimum absolute atomic E-state index is 0.490. The molecule has 0 amide bonds. The van der Waals surface area contributed by atoms with Crippen molar-refractivity contribution in [3.05, 3.63) is 33.8 Å². The third kappa shape index (κ3) is 4.44. The summed E-state index contributed by atoms with van der Waals surface area (Å²) in [6.07, 6.45) is 4.94. The molecule has 0 radical (unpaired) electrons. The topological polar surface area (TPSA) is 12.0 Å². The number of hydrogen-bond acceptors (Lipinski definition) is 1. The first-order valence-electron chi connectivity index (χ1n) is 6.69. The minimum atomic E-state index is 0.490. The van der Waals surface area contributed by atoms with Crippen molar-refractivity contribution < 1.29 is 0 Å². The number of benzene rings is 1. The highest BCUT2D eigenvalue weighted by atomic mass is 79.9. The highest BCUT2D eigenvalue weighted by molar-refractivity contribution is 9.10. The Balaban J connectivity index is 2.83. The lowest BCUT2D eigenvalue weighted by atomic mass is 9.99. The van der Waals surface area contributed by atoms with Crippen molar-refractivity contribution in [3.8, 4) is 0 Å². The Morgan fingerprint density at radius 3 is 2.65 bits per heavy atom. The van der Waals surface area contributed by atoms with Gasteiger partial charge >= 0.3 is 0 Å². The zero-order valence-corrected chi connectivity index (χ0v) is 12.8. The van der Waals surface area contributed by atoms with Crippen molar-refractivity contribution in [1.82, 2.24) is 5.32 Å². The smallest absolute Gasteiger partial charge is 0.0331 e. The number of halogens is 1. The standard InChI is InChI=1S/C15H24BrN/c1-4-6-10-14(17-11-5-2)13-9-7-8-12(3)15(13)16/h7-9,14,17H,4-6,10-11H2,1-3H3. The van der Waals surface area contributed by atoms with E-state index in [1.807, 2.05) is 0 Å². The summed E-state index contributed by atoms with van der Waals surface area (Å²) in [4.78, 5) is 0. The molecule has 2 heteroatoms. The molecule has 0 aromatic heterocycles. The van der Waals surface area contributed by atoms with Crippen molar-refractivity contribution in [2.45, 2.75) is 52.5 Å². The van der Waals surface area contributed by atoms with Crippen molar-refractivity contribution in [3.63, 3.8) is 0 Å². The van der Waals surface area contributed by atoms with Gasteiger partial charge in [0.25, 0.3) is 0 Å². The monoisotopic (exact) mass is 297 g/mol. The van der Waals surface area contributed by atoms with Crippen LogP contribution in [-0.4, -0.2) is 6.54 Å². The van der Waals surface area contributed by atoms with Crippen molar-refractivity contribution in [2.75, 3.05) is 6.54 Å². The van der Waals surface area contributed by atoms with E-state index in [0.717, 1.165) is 6.54 Å². The van der Waals surface area contributed by atoms with E-state index in [1.165, 1.54) is 41.3 Å². The van der Waals surface area contributed by atoms with E-state index < -0.39 is 0 Å². The summed E-state index contributed by atoms with van der Waals surface area (Å²) in [5.41, 5.74) is 2.73. The molecule has 0 heterocycles. The molecular formula is C15H24BrN. The maximum atomic E-state index is 3.72. The number of rotatable bonds is 7. The zero-order valence-electron chi connectivity index (χ0n) is 11.2. The van der Waals surface area contributed by atoms with Crippen LogP contribution in [0.15, 0.2) is 22.7 Å². The van der Waals surface area contributed by atoms with Crippen LogP contribution in [0.3, 0.4) is 0 Å². The molecule has 1 atom stereocenters. The van der Waals surface area contributed by atoms with E-state index in [0.29, 0.717) is 6.04 Å². The Morgan fingerprint density at radius 2 is 2.00 bits per heavy atom. The van der Waals surface area contributed by atoms with E-state index in [-0.39, 0.29) is 0 Å². The predicted octanol–water partition coefficient (Wildman–Crippen LogP) is 4.99. The second kappa shape index (κ2) is 7.88. The second-order valence-electron chi connectivity index (χ2n) is 4.63. The molecule has 0 fully saturated rings. The number of aryl methyl sites for hydroxylation is 1. The fourth-order valence-corrected chi connectivity index (χ4v) is 2.57. The Kier molecular flexibility index (Phi) is 6.83. The number of nitrogens with one attached hydrogen (secondary N) is 1. The fourth-order valence-electron chi connectivity index (χ4n) is 2.03. The highest BCUT2D eigenvalue weighted by Crippen LogP contribution is 2.29. The largest absolute Gasteiger partial charge is 0.310 e. The maximum absolute atomic E-state index is 3.72. The predicted molar refractivity (Wildman–Crippen MR) is 79.4 cm³/mol. The molecule has 0 aliphatic carbocycles.